The van der Waals surface area contributed by atoms with Gasteiger partial charge in [-0.2, -0.15) is 0 Å². The molecule has 1 saturated heterocycles. The lowest BCUT2D eigenvalue weighted by Crippen LogP contribution is -2.36. The standard InChI is InChI=1S/C22H29N5/c1-4-20-25-21-16(2)9-12-23-22(21)27(20)15-17-5-7-18(8-6-17)24-19-10-13-26(3)14-11-19/h5-9,12,19,24H,4,10-11,13-15H2,1-3H3. The highest BCUT2D eigenvalue weighted by Crippen LogP contribution is 2.21. The fourth-order valence-corrected chi connectivity index (χ4v) is 3.90. The maximum absolute atomic E-state index is 4.81. The normalized spacial score (nSPS) is 16.1. The number of rotatable bonds is 5. The Balaban J connectivity index is 1.50. The van der Waals surface area contributed by atoms with Gasteiger partial charge >= 0.3 is 0 Å². The van der Waals surface area contributed by atoms with Gasteiger partial charge in [-0.3, -0.25) is 0 Å². The van der Waals surface area contributed by atoms with E-state index in [0.717, 1.165) is 30.0 Å². The molecule has 3 aromatic rings. The molecule has 0 radical (unpaired) electrons. The second-order valence-corrected chi connectivity index (χ2v) is 7.69. The number of nitrogens with zero attached hydrogens (tertiary/aromatic N) is 4. The third-order valence-corrected chi connectivity index (χ3v) is 5.61. The molecule has 3 heterocycles. The number of aryl methyl sites for hydroxylation is 2. The maximum Gasteiger partial charge on any atom is 0.160 e. The maximum atomic E-state index is 4.81. The first kappa shape index (κ1) is 18.0. The van der Waals surface area contributed by atoms with Gasteiger partial charge in [0.25, 0.3) is 0 Å². The SMILES string of the molecule is CCc1nc2c(C)ccnc2n1Cc1ccc(NC2CCN(C)CC2)cc1. The molecule has 0 spiro atoms. The summed E-state index contributed by atoms with van der Waals surface area (Å²) in [4.78, 5) is 11.8. The first-order valence-electron chi connectivity index (χ1n) is 9.98. The Morgan fingerprint density at radius 1 is 1.11 bits per heavy atom. The van der Waals surface area contributed by atoms with Gasteiger partial charge in [0.2, 0.25) is 0 Å². The fraction of sp³-hybridized carbons (Fsp3) is 0.455. The molecular weight excluding hydrogens is 334 g/mol. The Morgan fingerprint density at radius 3 is 2.56 bits per heavy atom. The minimum absolute atomic E-state index is 0.587. The van der Waals surface area contributed by atoms with Crippen molar-refractivity contribution in [2.75, 3.05) is 25.5 Å². The zero-order valence-electron chi connectivity index (χ0n) is 16.6. The average Bonchev–Trinajstić information content (AvgIpc) is 3.04. The molecule has 1 aromatic carbocycles. The number of nitrogens with one attached hydrogen (secondary N) is 1. The number of benzene rings is 1. The molecule has 1 fully saturated rings. The number of aromatic nitrogens is 3. The number of pyridine rings is 1. The second kappa shape index (κ2) is 7.69. The van der Waals surface area contributed by atoms with Crippen molar-refractivity contribution in [3.8, 4) is 0 Å². The molecule has 1 aliphatic rings. The summed E-state index contributed by atoms with van der Waals surface area (Å²) in [6.45, 7) is 7.42. The lowest BCUT2D eigenvalue weighted by atomic mass is 10.0. The Morgan fingerprint density at radius 2 is 1.85 bits per heavy atom. The Labute approximate surface area is 161 Å². The van der Waals surface area contributed by atoms with E-state index in [0.29, 0.717) is 6.04 Å². The minimum Gasteiger partial charge on any atom is -0.382 e. The van der Waals surface area contributed by atoms with Gasteiger partial charge in [0.05, 0.1) is 6.54 Å². The number of piperidine rings is 1. The summed E-state index contributed by atoms with van der Waals surface area (Å²) in [7, 11) is 2.20. The number of hydrogen-bond acceptors (Lipinski definition) is 4. The summed E-state index contributed by atoms with van der Waals surface area (Å²) in [6.07, 6.45) is 5.21. The van der Waals surface area contributed by atoms with Crippen LogP contribution in [0.5, 0.6) is 0 Å². The van der Waals surface area contributed by atoms with E-state index in [2.05, 4.69) is 64.9 Å². The topological polar surface area (TPSA) is 46.0 Å². The molecule has 5 nitrogen and oxygen atoms in total. The monoisotopic (exact) mass is 363 g/mol. The van der Waals surface area contributed by atoms with Gasteiger partial charge in [-0.05, 0) is 69.2 Å². The van der Waals surface area contributed by atoms with Crippen molar-refractivity contribution >= 4 is 16.9 Å². The summed E-state index contributed by atoms with van der Waals surface area (Å²) >= 11 is 0. The smallest absolute Gasteiger partial charge is 0.160 e. The van der Waals surface area contributed by atoms with Gasteiger partial charge in [0, 0.05) is 24.3 Å². The van der Waals surface area contributed by atoms with Crippen LogP contribution >= 0.6 is 0 Å². The van der Waals surface area contributed by atoms with Crippen LogP contribution in [0.2, 0.25) is 0 Å². The average molecular weight is 364 g/mol. The van der Waals surface area contributed by atoms with Gasteiger partial charge < -0.3 is 14.8 Å². The molecule has 1 N–H and O–H groups in total. The molecule has 0 atom stereocenters. The molecule has 5 heteroatoms. The van der Waals surface area contributed by atoms with Crippen LogP contribution in [0.1, 0.15) is 36.7 Å². The molecule has 0 bridgehead atoms. The molecule has 0 unspecified atom stereocenters. The predicted molar refractivity (Wildman–Crippen MR) is 111 cm³/mol. The van der Waals surface area contributed by atoms with Gasteiger partial charge in [-0.25, -0.2) is 9.97 Å². The molecule has 0 aliphatic carbocycles. The first-order chi connectivity index (χ1) is 13.1. The number of likely N-dealkylation sites (tertiary alicyclic amines) is 1. The predicted octanol–water partition coefficient (Wildman–Crippen LogP) is 3.86. The number of fused-ring (bicyclic) bond motifs is 1. The van der Waals surface area contributed by atoms with E-state index in [1.165, 1.54) is 42.7 Å². The zero-order valence-corrected chi connectivity index (χ0v) is 16.6. The fourth-order valence-electron chi connectivity index (χ4n) is 3.90. The van der Waals surface area contributed by atoms with Crippen LogP contribution in [0.4, 0.5) is 5.69 Å². The molecule has 142 valence electrons. The van der Waals surface area contributed by atoms with Gasteiger partial charge in [-0.1, -0.05) is 19.1 Å². The van der Waals surface area contributed by atoms with Crippen molar-refractivity contribution in [2.45, 2.75) is 45.7 Å². The van der Waals surface area contributed by atoms with Crippen LogP contribution in [0.25, 0.3) is 11.2 Å². The number of anilines is 1. The van der Waals surface area contributed by atoms with E-state index in [-0.39, 0.29) is 0 Å². The third-order valence-electron chi connectivity index (χ3n) is 5.61. The molecule has 27 heavy (non-hydrogen) atoms. The van der Waals surface area contributed by atoms with Crippen molar-refractivity contribution in [3.63, 3.8) is 0 Å². The third kappa shape index (κ3) is 3.83. The van der Waals surface area contributed by atoms with E-state index in [1.807, 2.05) is 12.3 Å². The summed E-state index contributed by atoms with van der Waals surface area (Å²) in [5.41, 5.74) is 5.69. The van der Waals surface area contributed by atoms with Crippen LogP contribution in [-0.4, -0.2) is 45.6 Å². The molecule has 0 saturated carbocycles. The van der Waals surface area contributed by atoms with E-state index in [1.54, 1.807) is 0 Å². The van der Waals surface area contributed by atoms with Crippen LogP contribution < -0.4 is 5.32 Å². The van der Waals surface area contributed by atoms with Gasteiger partial charge in [0.15, 0.2) is 5.65 Å². The summed E-state index contributed by atoms with van der Waals surface area (Å²) in [6, 6.07) is 11.5. The van der Waals surface area contributed by atoms with Crippen molar-refractivity contribution in [2.24, 2.45) is 0 Å². The van der Waals surface area contributed by atoms with Crippen LogP contribution in [0.3, 0.4) is 0 Å². The summed E-state index contributed by atoms with van der Waals surface area (Å²) in [5, 5.41) is 3.69. The lowest BCUT2D eigenvalue weighted by Gasteiger charge is -2.30. The van der Waals surface area contributed by atoms with Gasteiger partial charge in [0.1, 0.15) is 11.3 Å². The molecular formula is C22H29N5. The quantitative estimate of drug-likeness (QED) is 0.748. The van der Waals surface area contributed by atoms with Crippen molar-refractivity contribution in [1.29, 1.82) is 0 Å². The van der Waals surface area contributed by atoms with Crippen LogP contribution in [-0.2, 0) is 13.0 Å². The van der Waals surface area contributed by atoms with Crippen molar-refractivity contribution < 1.29 is 0 Å². The summed E-state index contributed by atoms with van der Waals surface area (Å²) < 4.78 is 2.25. The first-order valence-corrected chi connectivity index (χ1v) is 9.98. The highest BCUT2D eigenvalue weighted by molar-refractivity contribution is 5.75. The van der Waals surface area contributed by atoms with E-state index < -0.39 is 0 Å². The van der Waals surface area contributed by atoms with E-state index >= 15 is 0 Å². The number of imidazole rings is 1. The van der Waals surface area contributed by atoms with Crippen molar-refractivity contribution in [1.82, 2.24) is 19.4 Å². The Bertz CT molecular complexity index is 904. The second-order valence-electron chi connectivity index (χ2n) is 7.69. The van der Waals surface area contributed by atoms with E-state index in [4.69, 9.17) is 4.98 Å². The highest BCUT2D eigenvalue weighted by Gasteiger charge is 2.16. The van der Waals surface area contributed by atoms with Crippen molar-refractivity contribution in [3.05, 3.63) is 53.5 Å². The molecule has 4 rings (SSSR count). The number of hydrogen-bond donors (Lipinski definition) is 1. The van der Waals surface area contributed by atoms with Crippen LogP contribution in [0.15, 0.2) is 36.5 Å². The molecule has 0 amide bonds. The Hall–Kier alpha value is -2.40. The molecule has 2 aromatic heterocycles. The highest BCUT2D eigenvalue weighted by atomic mass is 15.1. The van der Waals surface area contributed by atoms with E-state index in [9.17, 15) is 0 Å². The Kier molecular flexibility index (Phi) is 5.12. The van der Waals surface area contributed by atoms with Crippen LogP contribution in [0, 0.1) is 6.92 Å². The lowest BCUT2D eigenvalue weighted by molar-refractivity contribution is 0.264. The zero-order chi connectivity index (χ0) is 18.8. The van der Waals surface area contributed by atoms with Gasteiger partial charge in [-0.15, -0.1) is 0 Å². The molecule has 1 aliphatic heterocycles. The largest absolute Gasteiger partial charge is 0.382 e. The minimum atomic E-state index is 0.587. The summed E-state index contributed by atoms with van der Waals surface area (Å²) in [5.74, 6) is 1.10.